The Labute approximate surface area is 196 Å². The highest BCUT2D eigenvalue weighted by Crippen LogP contribution is 2.36. The Morgan fingerprint density at radius 2 is 1.76 bits per heavy atom. The van der Waals surface area contributed by atoms with Crippen LogP contribution in [0.4, 0.5) is 0 Å². The molecule has 5 rings (SSSR count). The molecule has 0 fully saturated rings. The standard InChI is InChI=1S/C26H21ClN4O2/c1-32-24-6-3-5-22(29-24)18-9-12-23-20(16-18)25(27)21(26(30-23)33-2)15-17-7-10-19(11-8-17)31-14-4-13-28-31/h3-14,16H,15H2,1-2H3. The highest BCUT2D eigenvalue weighted by atomic mass is 35.5. The topological polar surface area (TPSA) is 62.1 Å². The lowest BCUT2D eigenvalue weighted by atomic mass is 10.0. The summed E-state index contributed by atoms with van der Waals surface area (Å²) in [4.78, 5) is 9.25. The normalized spacial score (nSPS) is 11.0. The fourth-order valence-corrected chi connectivity index (χ4v) is 4.10. The van der Waals surface area contributed by atoms with E-state index in [0.29, 0.717) is 23.2 Å². The first-order valence-electron chi connectivity index (χ1n) is 10.4. The zero-order valence-corrected chi connectivity index (χ0v) is 19.0. The third kappa shape index (κ3) is 4.13. The van der Waals surface area contributed by atoms with E-state index >= 15 is 0 Å². The molecule has 2 aromatic carbocycles. The molecule has 3 heterocycles. The van der Waals surface area contributed by atoms with Crippen LogP contribution in [-0.2, 0) is 6.42 Å². The first-order chi connectivity index (χ1) is 16.2. The quantitative estimate of drug-likeness (QED) is 0.326. The van der Waals surface area contributed by atoms with Gasteiger partial charge in [0.15, 0.2) is 0 Å². The summed E-state index contributed by atoms with van der Waals surface area (Å²) in [5.74, 6) is 1.08. The summed E-state index contributed by atoms with van der Waals surface area (Å²) in [5, 5.41) is 5.75. The minimum absolute atomic E-state index is 0.524. The second-order valence-corrected chi connectivity index (χ2v) is 7.88. The van der Waals surface area contributed by atoms with Crippen LogP contribution in [0.25, 0.3) is 27.8 Å². The number of ether oxygens (including phenoxy) is 2. The molecule has 6 nitrogen and oxygen atoms in total. The lowest BCUT2D eigenvalue weighted by Gasteiger charge is -2.14. The van der Waals surface area contributed by atoms with E-state index in [2.05, 4.69) is 22.2 Å². The lowest BCUT2D eigenvalue weighted by Crippen LogP contribution is -2.00. The van der Waals surface area contributed by atoms with E-state index in [0.717, 1.165) is 39.0 Å². The summed E-state index contributed by atoms with van der Waals surface area (Å²) in [5.41, 5.74) is 5.44. The van der Waals surface area contributed by atoms with E-state index in [9.17, 15) is 0 Å². The molecule has 0 bridgehead atoms. The van der Waals surface area contributed by atoms with Gasteiger partial charge in [0.25, 0.3) is 0 Å². The van der Waals surface area contributed by atoms with Gasteiger partial charge in [0, 0.05) is 41.4 Å². The van der Waals surface area contributed by atoms with Crippen molar-refractivity contribution in [3.63, 3.8) is 0 Å². The number of aromatic nitrogens is 4. The smallest absolute Gasteiger partial charge is 0.218 e. The van der Waals surface area contributed by atoms with Crippen LogP contribution in [0.3, 0.4) is 0 Å². The monoisotopic (exact) mass is 456 g/mol. The number of rotatable bonds is 6. The number of fused-ring (bicyclic) bond motifs is 1. The molecular formula is C26H21ClN4O2. The molecular weight excluding hydrogens is 436 g/mol. The van der Waals surface area contributed by atoms with Crippen LogP contribution < -0.4 is 9.47 Å². The maximum absolute atomic E-state index is 6.93. The number of hydrogen-bond acceptors (Lipinski definition) is 5. The minimum Gasteiger partial charge on any atom is -0.481 e. The van der Waals surface area contributed by atoms with Crippen molar-refractivity contribution in [2.24, 2.45) is 0 Å². The van der Waals surface area contributed by atoms with Crippen molar-refractivity contribution in [1.29, 1.82) is 0 Å². The van der Waals surface area contributed by atoms with Gasteiger partial charge in [0.05, 0.1) is 36.1 Å². The predicted molar refractivity (Wildman–Crippen MR) is 129 cm³/mol. The summed E-state index contributed by atoms with van der Waals surface area (Å²) in [7, 11) is 3.22. The molecule has 0 saturated carbocycles. The minimum atomic E-state index is 0.524. The highest BCUT2D eigenvalue weighted by molar-refractivity contribution is 6.36. The maximum Gasteiger partial charge on any atom is 0.218 e. The average molecular weight is 457 g/mol. The lowest BCUT2D eigenvalue weighted by molar-refractivity contribution is 0.395. The molecule has 0 amide bonds. The number of halogens is 1. The molecule has 0 aliphatic rings. The van der Waals surface area contributed by atoms with Crippen LogP contribution in [0.5, 0.6) is 11.8 Å². The van der Waals surface area contributed by atoms with Crippen LogP contribution >= 0.6 is 11.6 Å². The molecule has 0 radical (unpaired) electrons. The van der Waals surface area contributed by atoms with Gasteiger partial charge in [-0.1, -0.05) is 35.9 Å². The van der Waals surface area contributed by atoms with Gasteiger partial charge in [0.1, 0.15) is 0 Å². The molecule has 0 saturated heterocycles. The third-order valence-electron chi connectivity index (χ3n) is 5.49. The molecule has 33 heavy (non-hydrogen) atoms. The number of methoxy groups -OCH3 is 2. The Hall–Kier alpha value is -3.90. The van der Waals surface area contributed by atoms with Crippen molar-refractivity contribution in [3.8, 4) is 28.7 Å². The van der Waals surface area contributed by atoms with Gasteiger partial charge in [-0.15, -0.1) is 0 Å². The van der Waals surface area contributed by atoms with E-state index in [1.54, 1.807) is 20.4 Å². The summed E-state index contributed by atoms with van der Waals surface area (Å²) >= 11 is 6.93. The van der Waals surface area contributed by atoms with Crippen molar-refractivity contribution in [3.05, 3.63) is 95.3 Å². The fraction of sp³-hybridized carbons (Fsp3) is 0.115. The first kappa shape index (κ1) is 21.0. The van der Waals surface area contributed by atoms with Gasteiger partial charge < -0.3 is 9.47 Å². The first-order valence-corrected chi connectivity index (χ1v) is 10.8. The highest BCUT2D eigenvalue weighted by Gasteiger charge is 2.16. The van der Waals surface area contributed by atoms with Crippen LogP contribution in [-0.4, -0.2) is 34.0 Å². The Bertz CT molecular complexity index is 1420. The zero-order chi connectivity index (χ0) is 22.8. The van der Waals surface area contributed by atoms with Crippen molar-refractivity contribution >= 4 is 22.5 Å². The van der Waals surface area contributed by atoms with Crippen LogP contribution in [0.2, 0.25) is 5.02 Å². The van der Waals surface area contributed by atoms with E-state index in [1.807, 2.05) is 65.5 Å². The molecule has 0 aliphatic carbocycles. The average Bonchev–Trinajstić information content (AvgIpc) is 3.41. The van der Waals surface area contributed by atoms with E-state index in [4.69, 9.17) is 26.1 Å². The van der Waals surface area contributed by atoms with E-state index < -0.39 is 0 Å². The molecule has 0 unspecified atom stereocenters. The predicted octanol–water partition coefficient (Wildman–Crippen LogP) is 5.74. The summed E-state index contributed by atoms with van der Waals surface area (Å²) in [6.45, 7) is 0. The fourth-order valence-electron chi connectivity index (χ4n) is 3.81. The van der Waals surface area contributed by atoms with Crippen molar-refractivity contribution in [2.75, 3.05) is 14.2 Å². The molecule has 0 spiro atoms. The number of benzene rings is 2. The van der Waals surface area contributed by atoms with Crippen LogP contribution in [0, 0.1) is 0 Å². The summed E-state index contributed by atoms with van der Waals surface area (Å²) in [6.07, 6.45) is 4.26. The maximum atomic E-state index is 6.93. The molecule has 0 N–H and O–H groups in total. The van der Waals surface area contributed by atoms with Gasteiger partial charge >= 0.3 is 0 Å². The van der Waals surface area contributed by atoms with Gasteiger partial charge in [-0.3, -0.25) is 0 Å². The molecule has 3 aromatic heterocycles. The van der Waals surface area contributed by atoms with Crippen molar-refractivity contribution in [2.45, 2.75) is 6.42 Å². The van der Waals surface area contributed by atoms with Crippen LogP contribution in [0.1, 0.15) is 11.1 Å². The number of pyridine rings is 2. The van der Waals surface area contributed by atoms with E-state index in [-0.39, 0.29) is 0 Å². The molecule has 7 heteroatoms. The molecule has 5 aromatic rings. The number of nitrogens with zero attached hydrogens (tertiary/aromatic N) is 4. The SMILES string of the molecule is COc1cccc(-c2ccc3nc(OC)c(Cc4ccc(-n5cccn5)cc4)c(Cl)c3c2)n1. The molecule has 0 aliphatic heterocycles. The Kier molecular flexibility index (Phi) is 5.67. The number of hydrogen-bond donors (Lipinski definition) is 0. The zero-order valence-electron chi connectivity index (χ0n) is 18.2. The van der Waals surface area contributed by atoms with Crippen molar-refractivity contribution < 1.29 is 9.47 Å². The summed E-state index contributed by atoms with van der Waals surface area (Å²) < 4.78 is 12.7. The van der Waals surface area contributed by atoms with E-state index in [1.165, 1.54) is 0 Å². The van der Waals surface area contributed by atoms with Crippen molar-refractivity contribution in [1.82, 2.24) is 19.7 Å². The van der Waals surface area contributed by atoms with Gasteiger partial charge in [0.2, 0.25) is 11.8 Å². The van der Waals surface area contributed by atoms with Gasteiger partial charge in [-0.05, 0) is 42.0 Å². The Morgan fingerprint density at radius 1 is 0.909 bits per heavy atom. The molecule has 164 valence electrons. The second-order valence-electron chi connectivity index (χ2n) is 7.50. The molecule has 0 atom stereocenters. The Morgan fingerprint density at radius 3 is 2.48 bits per heavy atom. The summed E-state index contributed by atoms with van der Waals surface area (Å²) in [6, 6.07) is 21.7. The van der Waals surface area contributed by atoms with Gasteiger partial charge in [-0.25, -0.2) is 14.6 Å². The van der Waals surface area contributed by atoms with Gasteiger partial charge in [-0.2, -0.15) is 5.10 Å². The van der Waals surface area contributed by atoms with Crippen LogP contribution in [0.15, 0.2) is 79.1 Å². The Balaban J connectivity index is 1.54. The second kappa shape index (κ2) is 8.92. The largest absolute Gasteiger partial charge is 0.481 e. The third-order valence-corrected chi connectivity index (χ3v) is 5.92.